The summed E-state index contributed by atoms with van der Waals surface area (Å²) in [6, 6.07) is 0.456. The fourth-order valence-corrected chi connectivity index (χ4v) is 2.22. The van der Waals surface area contributed by atoms with Gasteiger partial charge in [0.15, 0.2) is 0 Å². The van der Waals surface area contributed by atoms with Crippen molar-refractivity contribution < 1.29 is 9.53 Å². The lowest BCUT2D eigenvalue weighted by Gasteiger charge is -2.27. The monoisotopic (exact) mass is 213 g/mol. The first-order valence-corrected chi connectivity index (χ1v) is 5.84. The van der Waals surface area contributed by atoms with E-state index in [9.17, 15) is 4.79 Å². The minimum Gasteiger partial charge on any atom is -0.462 e. The van der Waals surface area contributed by atoms with Crippen LogP contribution >= 0.6 is 0 Å². The molecule has 1 aliphatic carbocycles. The van der Waals surface area contributed by atoms with Crippen LogP contribution in [0.15, 0.2) is 0 Å². The zero-order valence-corrected chi connectivity index (χ0v) is 10.3. The minimum absolute atomic E-state index is 0.0177. The van der Waals surface area contributed by atoms with Gasteiger partial charge in [0.2, 0.25) is 0 Å². The lowest BCUT2D eigenvalue weighted by molar-refractivity contribution is -0.146. The molecule has 0 aliphatic heterocycles. The number of hydrogen-bond donors (Lipinski definition) is 1. The highest BCUT2D eigenvalue weighted by Gasteiger charge is 2.34. The summed E-state index contributed by atoms with van der Waals surface area (Å²) in [5.41, 5.74) is 0.318. The third kappa shape index (κ3) is 3.82. The van der Waals surface area contributed by atoms with E-state index in [4.69, 9.17) is 4.74 Å². The van der Waals surface area contributed by atoms with Crippen LogP contribution < -0.4 is 5.32 Å². The zero-order chi connectivity index (χ0) is 11.5. The third-order valence-corrected chi connectivity index (χ3v) is 3.12. The molecule has 0 bridgehead atoms. The van der Waals surface area contributed by atoms with Crippen LogP contribution in [0, 0.1) is 5.41 Å². The average Bonchev–Trinajstić information content (AvgIpc) is 2.40. The van der Waals surface area contributed by atoms with Crippen LogP contribution in [0.2, 0.25) is 0 Å². The maximum Gasteiger partial charge on any atom is 0.320 e. The molecule has 3 heteroatoms. The van der Waals surface area contributed by atoms with Crippen molar-refractivity contribution >= 4 is 5.97 Å². The molecule has 0 aromatic rings. The van der Waals surface area contributed by atoms with E-state index in [1.807, 2.05) is 13.8 Å². The lowest BCUT2D eigenvalue weighted by Crippen LogP contribution is -2.41. The number of hydrogen-bond acceptors (Lipinski definition) is 3. The Morgan fingerprint density at radius 3 is 2.67 bits per heavy atom. The van der Waals surface area contributed by atoms with Crippen molar-refractivity contribution in [3.8, 4) is 0 Å². The van der Waals surface area contributed by atoms with E-state index < -0.39 is 0 Å². The van der Waals surface area contributed by atoms with Gasteiger partial charge in [-0.2, -0.15) is 0 Å². The molecule has 3 nitrogen and oxygen atoms in total. The van der Waals surface area contributed by atoms with E-state index in [0.717, 1.165) is 0 Å². The van der Waals surface area contributed by atoms with Gasteiger partial charge in [-0.1, -0.05) is 20.3 Å². The summed E-state index contributed by atoms with van der Waals surface area (Å²) in [4.78, 5) is 11.3. The molecule has 1 rings (SSSR count). The molecule has 1 saturated carbocycles. The fourth-order valence-electron chi connectivity index (χ4n) is 2.22. The predicted molar refractivity (Wildman–Crippen MR) is 60.7 cm³/mol. The van der Waals surface area contributed by atoms with E-state index in [1.165, 1.54) is 19.3 Å². The normalized spacial score (nSPS) is 24.5. The maximum absolute atomic E-state index is 11.3. The molecule has 1 N–H and O–H groups in total. The molecule has 0 spiro atoms. The highest BCUT2D eigenvalue weighted by atomic mass is 16.5. The van der Waals surface area contributed by atoms with Gasteiger partial charge in [0.05, 0.1) is 12.6 Å². The van der Waals surface area contributed by atoms with Crippen LogP contribution in [-0.4, -0.2) is 24.7 Å². The van der Waals surface area contributed by atoms with E-state index in [2.05, 4.69) is 19.2 Å². The Morgan fingerprint density at radius 2 is 2.20 bits per heavy atom. The van der Waals surface area contributed by atoms with E-state index in [0.29, 0.717) is 18.0 Å². The highest BCUT2D eigenvalue weighted by Crippen LogP contribution is 2.36. The standard InChI is InChI=1S/C12H23NO2/c1-9(2)15-11(14)8-13-10-6-5-7-12(10,3)4/h9-10,13H,5-8H2,1-4H3. The van der Waals surface area contributed by atoms with Gasteiger partial charge >= 0.3 is 5.97 Å². The molecule has 0 aromatic carbocycles. The van der Waals surface area contributed by atoms with Crippen molar-refractivity contribution in [1.82, 2.24) is 5.32 Å². The Kier molecular flexibility index (Phi) is 4.14. The molecule has 0 aromatic heterocycles. The largest absolute Gasteiger partial charge is 0.462 e. The van der Waals surface area contributed by atoms with Crippen molar-refractivity contribution in [3.05, 3.63) is 0 Å². The number of ether oxygens (including phenoxy) is 1. The molecular formula is C12H23NO2. The summed E-state index contributed by atoms with van der Waals surface area (Å²) in [5, 5.41) is 3.30. The Balaban J connectivity index is 2.28. The first kappa shape index (κ1) is 12.5. The van der Waals surface area contributed by atoms with Crippen molar-refractivity contribution in [2.24, 2.45) is 5.41 Å². The predicted octanol–water partition coefficient (Wildman–Crippen LogP) is 2.11. The van der Waals surface area contributed by atoms with Gasteiger partial charge in [-0.25, -0.2) is 0 Å². The Morgan fingerprint density at radius 1 is 1.53 bits per heavy atom. The first-order chi connectivity index (χ1) is 6.92. The molecule has 1 fully saturated rings. The average molecular weight is 213 g/mol. The second kappa shape index (κ2) is 4.97. The van der Waals surface area contributed by atoms with Crippen molar-refractivity contribution in [2.75, 3.05) is 6.54 Å². The molecule has 0 heterocycles. The lowest BCUT2D eigenvalue weighted by atomic mass is 9.87. The van der Waals surface area contributed by atoms with Gasteiger partial charge < -0.3 is 10.1 Å². The molecule has 15 heavy (non-hydrogen) atoms. The Labute approximate surface area is 92.6 Å². The smallest absolute Gasteiger partial charge is 0.320 e. The topological polar surface area (TPSA) is 38.3 Å². The van der Waals surface area contributed by atoms with Crippen molar-refractivity contribution in [3.63, 3.8) is 0 Å². The summed E-state index contributed by atoms with van der Waals surface area (Å²) in [5.74, 6) is -0.146. The maximum atomic E-state index is 11.3. The quantitative estimate of drug-likeness (QED) is 0.727. The zero-order valence-electron chi connectivity index (χ0n) is 10.3. The van der Waals surface area contributed by atoms with E-state index in [1.54, 1.807) is 0 Å². The first-order valence-electron chi connectivity index (χ1n) is 5.84. The second-order valence-electron chi connectivity index (χ2n) is 5.35. The molecule has 1 unspecified atom stereocenters. The van der Waals surface area contributed by atoms with Crippen LogP contribution in [0.1, 0.15) is 47.0 Å². The number of esters is 1. The van der Waals surface area contributed by atoms with Crippen LogP contribution in [0.25, 0.3) is 0 Å². The fraction of sp³-hybridized carbons (Fsp3) is 0.917. The van der Waals surface area contributed by atoms with E-state index in [-0.39, 0.29) is 12.1 Å². The van der Waals surface area contributed by atoms with Gasteiger partial charge in [0.25, 0.3) is 0 Å². The van der Waals surface area contributed by atoms with Gasteiger partial charge in [-0.3, -0.25) is 4.79 Å². The van der Waals surface area contributed by atoms with Gasteiger partial charge in [0, 0.05) is 6.04 Å². The summed E-state index contributed by atoms with van der Waals surface area (Å²) < 4.78 is 5.08. The number of nitrogens with one attached hydrogen (secondary N) is 1. The Bertz CT molecular complexity index is 224. The van der Waals surface area contributed by atoms with Crippen LogP contribution in [-0.2, 0) is 9.53 Å². The number of rotatable bonds is 4. The highest BCUT2D eigenvalue weighted by molar-refractivity contribution is 5.71. The minimum atomic E-state index is -0.146. The SMILES string of the molecule is CC(C)OC(=O)CNC1CCCC1(C)C. The van der Waals surface area contributed by atoms with Gasteiger partial charge in [-0.15, -0.1) is 0 Å². The van der Waals surface area contributed by atoms with Gasteiger partial charge in [0.1, 0.15) is 0 Å². The third-order valence-electron chi connectivity index (χ3n) is 3.12. The summed E-state index contributed by atoms with van der Waals surface area (Å²) in [6.07, 6.45) is 3.64. The molecule has 1 aliphatic rings. The van der Waals surface area contributed by atoms with E-state index >= 15 is 0 Å². The van der Waals surface area contributed by atoms with Crippen molar-refractivity contribution in [1.29, 1.82) is 0 Å². The molecule has 88 valence electrons. The summed E-state index contributed by atoms with van der Waals surface area (Å²) >= 11 is 0. The number of carbonyl (C=O) groups is 1. The van der Waals surface area contributed by atoms with Gasteiger partial charge in [-0.05, 0) is 32.1 Å². The molecular weight excluding hydrogens is 190 g/mol. The summed E-state index contributed by atoms with van der Waals surface area (Å²) in [7, 11) is 0. The molecule has 0 radical (unpaired) electrons. The molecule has 0 amide bonds. The molecule has 1 atom stereocenters. The molecule has 0 saturated heterocycles. The van der Waals surface area contributed by atoms with Crippen molar-refractivity contribution in [2.45, 2.75) is 59.1 Å². The number of carbonyl (C=O) groups excluding carboxylic acids is 1. The Hall–Kier alpha value is -0.570. The van der Waals surface area contributed by atoms with Crippen LogP contribution in [0.4, 0.5) is 0 Å². The van der Waals surface area contributed by atoms with Crippen LogP contribution in [0.3, 0.4) is 0 Å². The summed E-state index contributed by atoms with van der Waals surface area (Å²) in [6.45, 7) is 8.60. The second-order valence-corrected chi connectivity index (χ2v) is 5.35. The van der Waals surface area contributed by atoms with Crippen LogP contribution in [0.5, 0.6) is 0 Å².